The minimum Gasteiger partial charge on any atom is -0.481 e. The quantitative estimate of drug-likeness (QED) is 0.665. The van der Waals surface area contributed by atoms with Crippen molar-refractivity contribution >= 4 is 12.0 Å². The Hall–Kier alpha value is -1.26. The van der Waals surface area contributed by atoms with Crippen molar-refractivity contribution in [2.24, 2.45) is 5.92 Å². The molecule has 1 aliphatic carbocycles. The van der Waals surface area contributed by atoms with E-state index in [2.05, 4.69) is 17.6 Å². The predicted molar refractivity (Wildman–Crippen MR) is 74.0 cm³/mol. The number of carbonyl (C=O) groups is 2. The van der Waals surface area contributed by atoms with Gasteiger partial charge in [-0.05, 0) is 45.4 Å². The van der Waals surface area contributed by atoms with E-state index in [4.69, 9.17) is 5.11 Å². The summed E-state index contributed by atoms with van der Waals surface area (Å²) in [5.41, 5.74) is 0. The molecule has 0 aliphatic heterocycles. The zero-order chi connectivity index (χ0) is 14.3. The lowest BCUT2D eigenvalue weighted by Gasteiger charge is -2.22. The molecule has 0 heterocycles. The van der Waals surface area contributed by atoms with Crippen LogP contribution >= 0.6 is 0 Å². The Kier molecular flexibility index (Phi) is 6.67. The molecule has 0 saturated heterocycles. The van der Waals surface area contributed by atoms with Crippen LogP contribution in [-0.2, 0) is 4.79 Å². The van der Waals surface area contributed by atoms with Crippen LogP contribution in [-0.4, -0.2) is 29.2 Å². The second-order valence-corrected chi connectivity index (χ2v) is 5.64. The highest BCUT2D eigenvalue weighted by Gasteiger charge is 2.22. The smallest absolute Gasteiger partial charge is 0.315 e. The molecule has 1 fully saturated rings. The molecule has 2 amide bonds. The number of nitrogens with one attached hydrogen (secondary N) is 2. The van der Waals surface area contributed by atoms with E-state index in [1.54, 1.807) is 0 Å². The largest absolute Gasteiger partial charge is 0.481 e. The van der Waals surface area contributed by atoms with E-state index >= 15 is 0 Å². The average Bonchev–Trinajstić information content (AvgIpc) is 2.81. The lowest BCUT2D eigenvalue weighted by Crippen LogP contribution is -2.46. The van der Waals surface area contributed by atoms with Gasteiger partial charge in [0.05, 0.1) is 0 Å². The maximum atomic E-state index is 11.8. The van der Waals surface area contributed by atoms with E-state index in [9.17, 15) is 9.59 Å². The summed E-state index contributed by atoms with van der Waals surface area (Å²) in [7, 11) is 0. The minimum absolute atomic E-state index is 0.00938. The Morgan fingerprint density at radius 1 is 1.21 bits per heavy atom. The average molecular weight is 270 g/mol. The Morgan fingerprint density at radius 3 is 2.42 bits per heavy atom. The standard InChI is InChI=1S/C14H26N2O3/c1-10(6-5-9-13(17)18)15-14(19)16-11(2)12-7-3-4-8-12/h10-12H,3-9H2,1-2H3,(H,17,18)(H2,15,16,19). The Bertz CT molecular complexity index is 301. The predicted octanol–water partition coefficient (Wildman–Crippen LogP) is 2.51. The number of rotatable bonds is 7. The Morgan fingerprint density at radius 2 is 1.84 bits per heavy atom. The van der Waals surface area contributed by atoms with Gasteiger partial charge in [0.2, 0.25) is 0 Å². The summed E-state index contributed by atoms with van der Waals surface area (Å²) in [6.45, 7) is 3.96. The third-order valence-electron chi connectivity index (χ3n) is 3.87. The fraction of sp³-hybridized carbons (Fsp3) is 0.857. The Labute approximate surface area is 115 Å². The molecule has 2 unspecified atom stereocenters. The van der Waals surface area contributed by atoms with Crippen molar-refractivity contribution in [2.45, 2.75) is 70.9 Å². The molecule has 3 N–H and O–H groups in total. The van der Waals surface area contributed by atoms with Gasteiger partial charge in [-0.15, -0.1) is 0 Å². The van der Waals surface area contributed by atoms with Crippen LogP contribution in [0.1, 0.15) is 58.8 Å². The molecule has 1 aliphatic rings. The molecule has 0 aromatic rings. The van der Waals surface area contributed by atoms with Crippen molar-refractivity contribution in [3.8, 4) is 0 Å². The lowest BCUT2D eigenvalue weighted by atomic mass is 10.0. The fourth-order valence-corrected chi connectivity index (χ4v) is 2.68. The van der Waals surface area contributed by atoms with Crippen LogP contribution in [0.4, 0.5) is 4.79 Å². The summed E-state index contributed by atoms with van der Waals surface area (Å²) in [5, 5.41) is 14.4. The van der Waals surface area contributed by atoms with Crippen LogP contribution in [0.3, 0.4) is 0 Å². The summed E-state index contributed by atoms with van der Waals surface area (Å²) in [4.78, 5) is 22.2. The number of hydrogen-bond donors (Lipinski definition) is 3. The summed E-state index contributed by atoms with van der Waals surface area (Å²) in [5.74, 6) is -0.181. The van der Waals surface area contributed by atoms with E-state index in [1.807, 2.05) is 6.92 Å². The third-order valence-corrected chi connectivity index (χ3v) is 3.87. The highest BCUT2D eigenvalue weighted by Crippen LogP contribution is 2.27. The molecule has 110 valence electrons. The number of carboxylic acid groups (broad SMARTS) is 1. The Balaban J connectivity index is 2.16. The summed E-state index contributed by atoms with van der Waals surface area (Å²) in [6.07, 6.45) is 6.39. The van der Waals surface area contributed by atoms with Crippen LogP contribution in [0.5, 0.6) is 0 Å². The molecular formula is C14H26N2O3. The van der Waals surface area contributed by atoms with Crippen LogP contribution in [0.2, 0.25) is 0 Å². The van der Waals surface area contributed by atoms with Gasteiger partial charge in [-0.25, -0.2) is 4.79 Å². The molecule has 0 aromatic carbocycles. The summed E-state index contributed by atoms with van der Waals surface area (Å²) in [6, 6.07) is 0.0890. The lowest BCUT2D eigenvalue weighted by molar-refractivity contribution is -0.137. The van der Waals surface area contributed by atoms with Gasteiger partial charge in [0.15, 0.2) is 0 Å². The SMILES string of the molecule is CC(CCCC(=O)O)NC(=O)NC(C)C1CCCC1. The van der Waals surface area contributed by atoms with Gasteiger partial charge in [-0.1, -0.05) is 12.8 Å². The first-order valence-electron chi connectivity index (χ1n) is 7.28. The minimum atomic E-state index is -0.786. The molecule has 0 aromatic heterocycles. The monoisotopic (exact) mass is 270 g/mol. The van der Waals surface area contributed by atoms with Crippen molar-refractivity contribution in [3.63, 3.8) is 0 Å². The van der Waals surface area contributed by atoms with Gasteiger partial charge in [0.25, 0.3) is 0 Å². The van der Waals surface area contributed by atoms with Crippen molar-refractivity contribution in [2.75, 3.05) is 0 Å². The maximum Gasteiger partial charge on any atom is 0.315 e. The summed E-state index contributed by atoms with van der Waals surface area (Å²) < 4.78 is 0. The maximum absolute atomic E-state index is 11.8. The molecule has 2 atom stereocenters. The van der Waals surface area contributed by atoms with Crippen LogP contribution in [0, 0.1) is 5.92 Å². The number of amides is 2. The van der Waals surface area contributed by atoms with E-state index in [1.165, 1.54) is 25.7 Å². The third kappa shape index (κ3) is 6.45. The zero-order valence-electron chi connectivity index (χ0n) is 11.9. The number of carboxylic acids is 1. The van der Waals surface area contributed by atoms with Crippen molar-refractivity contribution in [3.05, 3.63) is 0 Å². The molecule has 0 spiro atoms. The normalized spacial score (nSPS) is 18.8. The van der Waals surface area contributed by atoms with Gasteiger partial charge in [-0.2, -0.15) is 0 Å². The van der Waals surface area contributed by atoms with Crippen molar-refractivity contribution in [1.29, 1.82) is 0 Å². The van der Waals surface area contributed by atoms with Gasteiger partial charge in [0.1, 0.15) is 0 Å². The molecule has 1 rings (SSSR count). The number of hydrogen-bond acceptors (Lipinski definition) is 2. The van der Waals surface area contributed by atoms with E-state index < -0.39 is 5.97 Å². The van der Waals surface area contributed by atoms with Crippen LogP contribution in [0.15, 0.2) is 0 Å². The van der Waals surface area contributed by atoms with Crippen LogP contribution in [0.25, 0.3) is 0 Å². The van der Waals surface area contributed by atoms with Crippen molar-refractivity contribution in [1.82, 2.24) is 10.6 Å². The fourth-order valence-electron chi connectivity index (χ4n) is 2.68. The van der Waals surface area contributed by atoms with Crippen LogP contribution < -0.4 is 10.6 Å². The first-order valence-corrected chi connectivity index (χ1v) is 7.28. The molecular weight excluding hydrogens is 244 g/mol. The van der Waals surface area contributed by atoms with E-state index in [0.29, 0.717) is 18.8 Å². The number of carbonyl (C=O) groups excluding carboxylic acids is 1. The second-order valence-electron chi connectivity index (χ2n) is 5.64. The van der Waals surface area contributed by atoms with Crippen molar-refractivity contribution < 1.29 is 14.7 Å². The molecule has 0 radical (unpaired) electrons. The van der Waals surface area contributed by atoms with Gasteiger partial charge in [0, 0.05) is 18.5 Å². The molecule has 0 bridgehead atoms. The van der Waals surface area contributed by atoms with E-state index in [-0.39, 0.29) is 24.5 Å². The molecule has 5 nitrogen and oxygen atoms in total. The molecule has 19 heavy (non-hydrogen) atoms. The molecule has 1 saturated carbocycles. The highest BCUT2D eigenvalue weighted by atomic mass is 16.4. The number of urea groups is 1. The van der Waals surface area contributed by atoms with Gasteiger partial charge < -0.3 is 15.7 Å². The van der Waals surface area contributed by atoms with E-state index in [0.717, 1.165) is 0 Å². The van der Waals surface area contributed by atoms with Gasteiger partial charge in [-0.3, -0.25) is 4.79 Å². The topological polar surface area (TPSA) is 78.4 Å². The second kappa shape index (κ2) is 8.02. The zero-order valence-corrected chi connectivity index (χ0v) is 11.9. The number of aliphatic carboxylic acids is 1. The highest BCUT2D eigenvalue weighted by molar-refractivity contribution is 5.74. The van der Waals surface area contributed by atoms with Gasteiger partial charge >= 0.3 is 12.0 Å². The molecule has 5 heteroatoms. The first kappa shape index (κ1) is 15.8. The summed E-state index contributed by atoms with van der Waals surface area (Å²) >= 11 is 0. The first-order chi connectivity index (χ1) is 8.99.